The van der Waals surface area contributed by atoms with Gasteiger partial charge in [-0.3, -0.25) is 19.7 Å². The lowest BCUT2D eigenvalue weighted by molar-refractivity contribution is -0.384. The van der Waals surface area contributed by atoms with Crippen LogP contribution in [-0.2, 0) is 11.3 Å². The number of carbonyl (C=O) groups is 2. The molecule has 4 aromatic rings. The Morgan fingerprint density at radius 3 is 2.34 bits per heavy atom. The Balaban J connectivity index is 1.64. The molecule has 2 atom stereocenters. The Bertz CT molecular complexity index is 1610. The fraction of sp³-hybridized carbons (Fsp3) is 0.161. The van der Waals surface area contributed by atoms with Gasteiger partial charge in [-0.2, -0.15) is 0 Å². The molecule has 0 saturated heterocycles. The van der Waals surface area contributed by atoms with Crippen LogP contribution in [0.4, 0.5) is 15.8 Å². The lowest BCUT2D eigenvalue weighted by Gasteiger charge is -2.42. The molecule has 0 bridgehead atoms. The minimum absolute atomic E-state index is 0.105. The largest absolute Gasteiger partial charge is 0.497 e. The summed E-state index contributed by atoms with van der Waals surface area (Å²) >= 11 is 0. The number of benzene rings is 4. The number of methoxy groups -OCH3 is 2. The molecule has 4 aromatic carbocycles. The molecule has 1 N–H and O–H groups in total. The lowest BCUT2D eigenvalue weighted by atomic mass is 9.79. The molecule has 2 amide bonds. The summed E-state index contributed by atoms with van der Waals surface area (Å²) in [5.74, 6) is -1.26. The summed E-state index contributed by atoms with van der Waals surface area (Å²) in [5, 5.41) is 14.3. The predicted molar refractivity (Wildman–Crippen MR) is 149 cm³/mol. The lowest BCUT2D eigenvalue weighted by Crippen LogP contribution is -2.45. The van der Waals surface area contributed by atoms with Crippen LogP contribution in [0.3, 0.4) is 0 Å². The van der Waals surface area contributed by atoms with Crippen molar-refractivity contribution in [2.75, 3.05) is 19.5 Å². The molecule has 208 valence electrons. The number of non-ortho nitro benzene ring substituents is 1. The summed E-state index contributed by atoms with van der Waals surface area (Å²) in [6.45, 7) is 0.105. The molecule has 0 radical (unpaired) electrons. The molecule has 1 aliphatic heterocycles. The van der Waals surface area contributed by atoms with Crippen LogP contribution < -0.4 is 14.8 Å². The molecule has 1 heterocycles. The number of halogens is 1. The van der Waals surface area contributed by atoms with Crippen molar-refractivity contribution in [3.63, 3.8) is 0 Å². The highest BCUT2D eigenvalue weighted by molar-refractivity contribution is 6.05. The van der Waals surface area contributed by atoms with E-state index in [2.05, 4.69) is 5.32 Å². The molecular weight excluding hydrogens is 529 g/mol. The number of rotatable bonds is 8. The Labute approximate surface area is 235 Å². The van der Waals surface area contributed by atoms with Gasteiger partial charge in [0.05, 0.1) is 36.8 Å². The van der Waals surface area contributed by atoms with Crippen LogP contribution in [0.1, 0.15) is 39.0 Å². The number of fused-ring (bicyclic) bond motifs is 1. The summed E-state index contributed by atoms with van der Waals surface area (Å²) in [5.41, 5.74) is 2.12. The van der Waals surface area contributed by atoms with Crippen LogP contribution >= 0.6 is 0 Å². The zero-order valence-electron chi connectivity index (χ0n) is 22.2. The van der Waals surface area contributed by atoms with Crippen molar-refractivity contribution < 1.29 is 28.4 Å². The van der Waals surface area contributed by atoms with Gasteiger partial charge in [-0.05, 0) is 53.1 Å². The minimum Gasteiger partial charge on any atom is -0.497 e. The number of nitrogens with one attached hydrogen (secondary N) is 1. The Hall–Kier alpha value is -5.25. The van der Waals surface area contributed by atoms with E-state index in [4.69, 9.17) is 9.47 Å². The fourth-order valence-corrected chi connectivity index (χ4v) is 5.13. The van der Waals surface area contributed by atoms with E-state index in [9.17, 15) is 24.1 Å². The second kappa shape index (κ2) is 11.5. The molecule has 0 saturated carbocycles. The van der Waals surface area contributed by atoms with Gasteiger partial charge in [0.15, 0.2) is 0 Å². The molecule has 0 aliphatic carbocycles. The van der Waals surface area contributed by atoms with Gasteiger partial charge in [0, 0.05) is 24.2 Å². The van der Waals surface area contributed by atoms with Gasteiger partial charge in [-0.15, -0.1) is 0 Å². The summed E-state index contributed by atoms with van der Waals surface area (Å²) in [6.07, 6.45) is 0. The summed E-state index contributed by atoms with van der Waals surface area (Å²) in [4.78, 5) is 40.6. The Kier molecular flexibility index (Phi) is 7.64. The first-order valence-electron chi connectivity index (χ1n) is 12.7. The highest BCUT2D eigenvalue weighted by Gasteiger charge is 2.44. The quantitative estimate of drug-likeness (QED) is 0.215. The molecule has 10 heteroatoms. The third-order valence-corrected chi connectivity index (χ3v) is 7.10. The van der Waals surface area contributed by atoms with Crippen LogP contribution in [0.2, 0.25) is 0 Å². The number of nitro benzene ring substituents is 1. The van der Waals surface area contributed by atoms with Gasteiger partial charge >= 0.3 is 0 Å². The monoisotopic (exact) mass is 555 g/mol. The maximum absolute atomic E-state index is 14.2. The molecular formula is C31H26FN3O6. The third-order valence-electron chi connectivity index (χ3n) is 7.10. The second-order valence-electron chi connectivity index (χ2n) is 9.47. The average Bonchev–Trinajstić information content (AvgIpc) is 2.99. The first kappa shape index (κ1) is 27.3. The van der Waals surface area contributed by atoms with Crippen LogP contribution in [0, 0.1) is 15.9 Å². The van der Waals surface area contributed by atoms with Crippen molar-refractivity contribution in [2.24, 2.45) is 0 Å². The number of nitrogens with zero attached hydrogens (tertiary/aromatic N) is 2. The van der Waals surface area contributed by atoms with E-state index >= 15 is 0 Å². The van der Waals surface area contributed by atoms with Crippen molar-refractivity contribution in [1.29, 1.82) is 0 Å². The Morgan fingerprint density at radius 2 is 1.68 bits per heavy atom. The van der Waals surface area contributed by atoms with E-state index in [0.29, 0.717) is 28.0 Å². The van der Waals surface area contributed by atoms with Crippen molar-refractivity contribution in [1.82, 2.24) is 4.90 Å². The van der Waals surface area contributed by atoms with Crippen LogP contribution in [0.5, 0.6) is 11.5 Å². The molecule has 0 aromatic heterocycles. The maximum Gasteiger partial charge on any atom is 0.271 e. The summed E-state index contributed by atoms with van der Waals surface area (Å²) < 4.78 is 24.3. The topological polar surface area (TPSA) is 111 Å². The fourth-order valence-electron chi connectivity index (χ4n) is 5.13. The third kappa shape index (κ3) is 5.44. The van der Waals surface area contributed by atoms with Crippen LogP contribution in [0.15, 0.2) is 91.0 Å². The highest BCUT2D eigenvalue weighted by Crippen LogP contribution is 2.45. The number of carbonyl (C=O) groups excluding carboxylic acids is 2. The Morgan fingerprint density at radius 1 is 0.976 bits per heavy atom. The summed E-state index contributed by atoms with van der Waals surface area (Å²) in [7, 11) is 2.94. The average molecular weight is 556 g/mol. The standard InChI is InChI=1S/C31H26FN3O6/c1-40-23-14-9-20(10-15-23)29-28(30(36)33-26-17-22(35(38)39)13-16-27(26)41-2)24-5-3-4-6-25(24)31(37)34(29)18-19-7-11-21(32)12-8-19/h3-17,28-29H,18H2,1-2H3,(H,33,36)/t28-,29-/m0/s1. The number of ether oxygens (including phenoxy) is 2. The molecule has 5 rings (SSSR count). The maximum atomic E-state index is 14.2. The molecule has 0 fully saturated rings. The van der Waals surface area contributed by atoms with E-state index in [1.807, 2.05) is 0 Å². The molecule has 1 aliphatic rings. The van der Waals surface area contributed by atoms with Gasteiger partial charge in [0.1, 0.15) is 17.3 Å². The van der Waals surface area contributed by atoms with Crippen molar-refractivity contribution in [2.45, 2.75) is 18.5 Å². The number of amides is 2. The van der Waals surface area contributed by atoms with Crippen molar-refractivity contribution >= 4 is 23.2 Å². The van der Waals surface area contributed by atoms with E-state index < -0.39 is 28.6 Å². The van der Waals surface area contributed by atoms with Gasteiger partial charge < -0.3 is 19.7 Å². The SMILES string of the molecule is COc1ccc([C@H]2[C@@H](C(=O)Nc3cc([N+](=O)[O-])ccc3OC)c3ccccc3C(=O)N2Cc2ccc(F)cc2)cc1. The van der Waals surface area contributed by atoms with Crippen LogP contribution in [0.25, 0.3) is 0 Å². The number of hydrogen-bond donors (Lipinski definition) is 1. The van der Waals surface area contributed by atoms with E-state index in [1.54, 1.807) is 72.7 Å². The van der Waals surface area contributed by atoms with Gasteiger partial charge in [0.25, 0.3) is 11.6 Å². The number of anilines is 1. The molecule has 0 spiro atoms. The van der Waals surface area contributed by atoms with Crippen LogP contribution in [-0.4, -0.2) is 35.9 Å². The first-order valence-corrected chi connectivity index (χ1v) is 12.7. The van der Waals surface area contributed by atoms with Crippen molar-refractivity contribution in [3.05, 3.63) is 129 Å². The van der Waals surface area contributed by atoms with E-state index in [0.717, 1.165) is 0 Å². The highest BCUT2D eigenvalue weighted by atomic mass is 19.1. The molecule has 0 unspecified atom stereocenters. The normalized spacial score (nSPS) is 16.1. The summed E-state index contributed by atoms with van der Waals surface area (Å²) in [6, 6.07) is 22.9. The van der Waals surface area contributed by atoms with Gasteiger partial charge in [-0.25, -0.2) is 4.39 Å². The second-order valence-corrected chi connectivity index (χ2v) is 9.47. The minimum atomic E-state index is -0.915. The molecule has 41 heavy (non-hydrogen) atoms. The number of nitro groups is 1. The van der Waals surface area contributed by atoms with Gasteiger partial charge in [-0.1, -0.05) is 42.5 Å². The van der Waals surface area contributed by atoms with E-state index in [1.165, 1.54) is 37.4 Å². The van der Waals surface area contributed by atoms with E-state index in [-0.39, 0.29) is 29.6 Å². The first-order chi connectivity index (χ1) is 19.8. The zero-order chi connectivity index (χ0) is 29.1. The van der Waals surface area contributed by atoms with Crippen molar-refractivity contribution in [3.8, 4) is 11.5 Å². The molecule has 9 nitrogen and oxygen atoms in total. The smallest absolute Gasteiger partial charge is 0.271 e. The van der Waals surface area contributed by atoms with Gasteiger partial charge in [0.2, 0.25) is 5.91 Å². The predicted octanol–water partition coefficient (Wildman–Crippen LogP) is 5.87. The number of hydrogen-bond acceptors (Lipinski definition) is 6. The zero-order valence-corrected chi connectivity index (χ0v) is 22.2.